The fraction of sp³-hybridized carbons (Fsp3) is 0.333. The number of hydrogen-bond acceptors (Lipinski definition) is 7. The number of likely N-dealkylation sites (tertiary alicyclic amines) is 1. The Morgan fingerprint density at radius 3 is 2.79 bits per heavy atom. The molecule has 4 rings (SSSR count). The number of carbonyl (C=O) groups excluding carboxylic acids is 2. The van der Waals surface area contributed by atoms with Crippen molar-refractivity contribution < 1.29 is 18.8 Å². The van der Waals surface area contributed by atoms with E-state index in [9.17, 15) is 9.59 Å². The van der Waals surface area contributed by atoms with E-state index >= 15 is 0 Å². The Labute approximate surface area is 200 Å². The fourth-order valence-electron chi connectivity index (χ4n) is 3.85. The van der Waals surface area contributed by atoms with Crippen molar-refractivity contribution in [2.75, 3.05) is 25.0 Å². The van der Waals surface area contributed by atoms with Crippen LogP contribution in [0.2, 0.25) is 0 Å². The summed E-state index contributed by atoms with van der Waals surface area (Å²) in [5, 5.41) is 6.99. The van der Waals surface area contributed by atoms with Gasteiger partial charge >= 0.3 is 5.97 Å². The third-order valence-electron chi connectivity index (χ3n) is 5.49. The Balaban J connectivity index is 1.38. The average molecular weight is 513 g/mol. The summed E-state index contributed by atoms with van der Waals surface area (Å²) in [5.74, 6) is 0.290. The van der Waals surface area contributed by atoms with Crippen molar-refractivity contribution in [2.45, 2.75) is 26.3 Å². The van der Waals surface area contributed by atoms with Gasteiger partial charge in [0.1, 0.15) is 0 Å². The molecule has 0 saturated carbocycles. The highest BCUT2D eigenvalue weighted by Gasteiger charge is 2.28. The standard InChI is InChI=1S/C24H25BrN4O4/c1-2-32-24(31)19-7-3-4-8-20(19)26-23(30)17-6-5-13-29(14-17)15-21-27-22(28-33-21)16-9-11-18(25)12-10-16/h3-4,7-12,17H,2,5-6,13-15H2,1H3,(H,26,30). The van der Waals surface area contributed by atoms with Gasteiger partial charge in [-0.3, -0.25) is 9.69 Å². The summed E-state index contributed by atoms with van der Waals surface area (Å²) in [7, 11) is 0. The van der Waals surface area contributed by atoms with E-state index in [1.54, 1.807) is 31.2 Å². The molecular formula is C24H25BrN4O4. The molecule has 172 valence electrons. The molecule has 1 aliphatic rings. The SMILES string of the molecule is CCOC(=O)c1ccccc1NC(=O)C1CCCN(Cc2nc(-c3ccc(Br)cc3)no2)C1. The molecule has 2 aromatic carbocycles. The highest BCUT2D eigenvalue weighted by molar-refractivity contribution is 9.10. The number of nitrogens with one attached hydrogen (secondary N) is 1. The van der Waals surface area contributed by atoms with Crippen LogP contribution in [-0.4, -0.2) is 46.6 Å². The van der Waals surface area contributed by atoms with Crippen LogP contribution in [0.1, 0.15) is 36.0 Å². The number of piperidine rings is 1. The molecule has 9 heteroatoms. The van der Waals surface area contributed by atoms with Crippen LogP contribution < -0.4 is 5.32 Å². The van der Waals surface area contributed by atoms with Crippen LogP contribution in [0.5, 0.6) is 0 Å². The van der Waals surface area contributed by atoms with Crippen molar-refractivity contribution in [3.05, 3.63) is 64.5 Å². The lowest BCUT2D eigenvalue weighted by Gasteiger charge is -2.31. The summed E-state index contributed by atoms with van der Waals surface area (Å²) >= 11 is 3.42. The van der Waals surface area contributed by atoms with Crippen LogP contribution in [-0.2, 0) is 16.1 Å². The van der Waals surface area contributed by atoms with Crippen molar-refractivity contribution in [3.8, 4) is 11.4 Å². The van der Waals surface area contributed by atoms with Gasteiger partial charge in [0.2, 0.25) is 17.6 Å². The Kier molecular flexibility index (Phi) is 7.51. The number of esters is 1. The molecule has 0 radical (unpaired) electrons. The number of para-hydroxylation sites is 1. The largest absolute Gasteiger partial charge is 0.462 e. The van der Waals surface area contributed by atoms with E-state index in [0.717, 1.165) is 29.4 Å². The van der Waals surface area contributed by atoms with Gasteiger partial charge in [-0.2, -0.15) is 4.98 Å². The number of aromatic nitrogens is 2. The molecule has 0 bridgehead atoms. The highest BCUT2D eigenvalue weighted by atomic mass is 79.9. The molecule has 1 aromatic heterocycles. The topological polar surface area (TPSA) is 97.6 Å². The summed E-state index contributed by atoms with van der Waals surface area (Å²) in [6.45, 7) is 3.92. The minimum absolute atomic E-state index is 0.113. The van der Waals surface area contributed by atoms with Gasteiger partial charge in [0, 0.05) is 16.6 Å². The van der Waals surface area contributed by atoms with Gasteiger partial charge in [-0.05, 0) is 62.7 Å². The van der Waals surface area contributed by atoms with Crippen LogP contribution in [0.25, 0.3) is 11.4 Å². The molecule has 1 unspecified atom stereocenters. The summed E-state index contributed by atoms with van der Waals surface area (Å²) in [5.41, 5.74) is 1.70. The Morgan fingerprint density at radius 2 is 2.00 bits per heavy atom. The maximum Gasteiger partial charge on any atom is 0.340 e. The number of ether oxygens (including phenoxy) is 1. The zero-order valence-corrected chi connectivity index (χ0v) is 19.9. The van der Waals surface area contributed by atoms with Crippen LogP contribution in [0.15, 0.2) is 57.5 Å². The summed E-state index contributed by atoms with van der Waals surface area (Å²) in [6.07, 6.45) is 1.66. The quantitative estimate of drug-likeness (QED) is 0.464. The number of rotatable bonds is 7. The molecule has 1 amide bonds. The predicted octanol–water partition coefficient (Wildman–Crippen LogP) is 4.53. The molecule has 0 spiro atoms. The maximum atomic E-state index is 13.0. The van der Waals surface area contributed by atoms with Crippen molar-refractivity contribution in [3.63, 3.8) is 0 Å². The smallest absolute Gasteiger partial charge is 0.340 e. The van der Waals surface area contributed by atoms with Crippen LogP contribution in [0.3, 0.4) is 0 Å². The molecule has 0 aliphatic carbocycles. The lowest BCUT2D eigenvalue weighted by molar-refractivity contribution is -0.121. The third-order valence-corrected chi connectivity index (χ3v) is 6.01. The highest BCUT2D eigenvalue weighted by Crippen LogP contribution is 2.24. The van der Waals surface area contributed by atoms with Gasteiger partial charge < -0.3 is 14.6 Å². The number of carbonyl (C=O) groups is 2. The van der Waals surface area contributed by atoms with Crippen LogP contribution in [0.4, 0.5) is 5.69 Å². The van der Waals surface area contributed by atoms with Gasteiger partial charge in [0.25, 0.3) is 0 Å². The second-order valence-electron chi connectivity index (χ2n) is 7.85. The molecule has 1 aliphatic heterocycles. The van der Waals surface area contributed by atoms with Crippen molar-refractivity contribution >= 4 is 33.5 Å². The number of anilines is 1. The Hall–Kier alpha value is -3.04. The third kappa shape index (κ3) is 5.85. The monoisotopic (exact) mass is 512 g/mol. The second-order valence-corrected chi connectivity index (χ2v) is 8.76. The normalized spacial score (nSPS) is 16.4. The maximum absolute atomic E-state index is 13.0. The number of nitrogens with zero attached hydrogens (tertiary/aromatic N) is 3. The van der Waals surface area contributed by atoms with Gasteiger partial charge in [0.05, 0.1) is 30.3 Å². The van der Waals surface area contributed by atoms with E-state index in [1.165, 1.54) is 0 Å². The van der Waals surface area contributed by atoms with E-state index in [1.807, 2.05) is 24.3 Å². The Morgan fingerprint density at radius 1 is 1.21 bits per heavy atom. The minimum Gasteiger partial charge on any atom is -0.462 e. The zero-order chi connectivity index (χ0) is 23.2. The van der Waals surface area contributed by atoms with Crippen LogP contribution >= 0.6 is 15.9 Å². The van der Waals surface area contributed by atoms with Crippen molar-refractivity contribution in [2.24, 2.45) is 5.92 Å². The number of amides is 1. The molecule has 1 N–H and O–H groups in total. The van der Waals surface area contributed by atoms with E-state index in [2.05, 4.69) is 36.3 Å². The number of halogens is 1. The molecule has 33 heavy (non-hydrogen) atoms. The molecular weight excluding hydrogens is 488 g/mol. The minimum atomic E-state index is -0.448. The first-order chi connectivity index (χ1) is 16.0. The summed E-state index contributed by atoms with van der Waals surface area (Å²) < 4.78 is 11.5. The Bertz CT molecular complexity index is 1120. The van der Waals surface area contributed by atoms with E-state index in [4.69, 9.17) is 9.26 Å². The first-order valence-electron chi connectivity index (χ1n) is 10.9. The first-order valence-corrected chi connectivity index (χ1v) is 11.7. The average Bonchev–Trinajstić information content (AvgIpc) is 3.28. The number of benzene rings is 2. The molecule has 8 nitrogen and oxygen atoms in total. The summed E-state index contributed by atoms with van der Waals surface area (Å²) in [4.78, 5) is 31.8. The van der Waals surface area contributed by atoms with E-state index < -0.39 is 5.97 Å². The van der Waals surface area contributed by atoms with Crippen molar-refractivity contribution in [1.82, 2.24) is 15.0 Å². The second kappa shape index (κ2) is 10.7. The lowest BCUT2D eigenvalue weighted by atomic mass is 9.97. The molecule has 2 heterocycles. The van der Waals surface area contributed by atoms with E-state index in [-0.39, 0.29) is 18.4 Å². The molecule has 3 aromatic rings. The van der Waals surface area contributed by atoms with Crippen LogP contribution in [0, 0.1) is 5.92 Å². The first kappa shape index (κ1) is 23.1. The summed E-state index contributed by atoms with van der Waals surface area (Å²) in [6, 6.07) is 14.6. The fourth-order valence-corrected chi connectivity index (χ4v) is 4.12. The van der Waals surface area contributed by atoms with Gasteiger partial charge in [0.15, 0.2) is 0 Å². The van der Waals surface area contributed by atoms with E-state index in [0.29, 0.717) is 36.1 Å². The van der Waals surface area contributed by atoms with Gasteiger partial charge in [-0.1, -0.05) is 33.2 Å². The predicted molar refractivity (Wildman–Crippen MR) is 126 cm³/mol. The molecule has 1 fully saturated rings. The molecule has 1 saturated heterocycles. The zero-order valence-electron chi connectivity index (χ0n) is 18.3. The lowest BCUT2D eigenvalue weighted by Crippen LogP contribution is -2.40. The van der Waals surface area contributed by atoms with Crippen molar-refractivity contribution in [1.29, 1.82) is 0 Å². The molecule has 1 atom stereocenters. The number of hydrogen-bond donors (Lipinski definition) is 1. The van der Waals surface area contributed by atoms with Gasteiger partial charge in [-0.25, -0.2) is 4.79 Å². The van der Waals surface area contributed by atoms with Gasteiger partial charge in [-0.15, -0.1) is 0 Å².